The fourth-order valence-electron chi connectivity index (χ4n) is 0.0866. The molecular weight excluding hydrogens is 140 g/mol. The molecule has 0 aromatic heterocycles. The van der Waals surface area contributed by atoms with Gasteiger partial charge in [0.15, 0.2) is 0 Å². The van der Waals surface area contributed by atoms with Gasteiger partial charge in [-0.15, -0.1) is 9.80 Å². The summed E-state index contributed by atoms with van der Waals surface area (Å²) >= 11 is 0. The Morgan fingerprint density at radius 3 is 2.14 bits per heavy atom. The normalized spacial score (nSPS) is 13.6. The van der Waals surface area contributed by atoms with E-state index in [2.05, 4.69) is 0 Å². The van der Waals surface area contributed by atoms with E-state index in [0.717, 1.165) is 0 Å². The van der Waals surface area contributed by atoms with Crippen molar-refractivity contribution in [3.05, 3.63) is 0 Å². The summed E-state index contributed by atoms with van der Waals surface area (Å²) in [6.07, 6.45) is 0.363. The number of hydrogen-bond donors (Lipinski definition) is 2. The summed E-state index contributed by atoms with van der Waals surface area (Å²) < 4.78 is 16.4. The van der Waals surface area contributed by atoms with Crippen molar-refractivity contribution in [2.45, 2.75) is 0 Å². The number of hydrogen-bond acceptors (Lipinski definition) is 3. The summed E-state index contributed by atoms with van der Waals surface area (Å²) in [6, 6.07) is 0. The molecule has 0 aliphatic carbocycles. The molecule has 0 radical (unpaired) electrons. The van der Waals surface area contributed by atoms with Crippen molar-refractivity contribution >= 4 is 26.8 Å². The van der Waals surface area contributed by atoms with Crippen molar-refractivity contribution in [2.24, 2.45) is 0 Å². The van der Waals surface area contributed by atoms with Crippen molar-refractivity contribution < 1.29 is 13.9 Å². The Bertz CT molecular complexity index is 67.8. The number of carbonyl (C=O) groups is 1. The Balaban J connectivity index is 3.34. The van der Waals surface area contributed by atoms with E-state index in [0.29, 0.717) is 6.29 Å². The zero-order chi connectivity index (χ0) is 5.91. The zero-order valence-corrected chi connectivity index (χ0v) is 4.95. The lowest BCUT2D eigenvalue weighted by molar-refractivity contribution is -0.105. The van der Waals surface area contributed by atoms with Crippen molar-refractivity contribution in [1.29, 1.82) is 0 Å². The highest BCUT2D eigenvalue weighted by atomic mass is 35.7. The second kappa shape index (κ2) is 2.52. The monoisotopic (exact) mass is 144 g/mol. The van der Waals surface area contributed by atoms with Gasteiger partial charge in [-0.05, 0) is 0 Å². The van der Waals surface area contributed by atoms with Gasteiger partial charge in [-0.1, -0.05) is 0 Å². The lowest BCUT2D eigenvalue weighted by atomic mass is 10.9. The molecule has 0 atom stereocenters. The molecule has 0 spiro atoms. The molecule has 0 bridgehead atoms. The van der Waals surface area contributed by atoms with Crippen LogP contribution in [0.15, 0.2) is 0 Å². The molecule has 0 aromatic carbocycles. The molecule has 5 heteroatoms. The molecule has 3 nitrogen and oxygen atoms in total. The highest BCUT2D eigenvalue weighted by Crippen LogP contribution is 2.42. The first-order valence-corrected chi connectivity index (χ1v) is 3.99. The maximum atomic E-state index is 9.44. The third-order valence-electron chi connectivity index (χ3n) is 0.280. The summed E-state index contributed by atoms with van der Waals surface area (Å²) in [7, 11) is 1.73. The maximum Gasteiger partial charge on any atom is 0.140 e. The van der Waals surface area contributed by atoms with E-state index < -0.39 is 9.80 Å². The number of rotatable bonds is 2. The van der Waals surface area contributed by atoms with E-state index in [9.17, 15) is 4.79 Å². The number of carbonyl (C=O) groups excluding carboxylic acids is 1. The minimum absolute atomic E-state index is 0.363. The Morgan fingerprint density at radius 1 is 1.71 bits per heavy atom. The van der Waals surface area contributed by atoms with Crippen LogP contribution in [0.3, 0.4) is 0 Å². The van der Waals surface area contributed by atoms with Crippen LogP contribution in [-0.4, -0.2) is 21.1 Å². The maximum absolute atomic E-state index is 9.44. The average Bonchev–Trinajstić information content (AvgIpc) is 1.30. The summed E-state index contributed by atoms with van der Waals surface area (Å²) in [5.41, 5.74) is 0. The smallest absolute Gasteiger partial charge is 0.140 e. The van der Waals surface area contributed by atoms with Crippen LogP contribution in [0.5, 0.6) is 0 Å². The quantitative estimate of drug-likeness (QED) is 0.571. The van der Waals surface area contributed by atoms with Crippen LogP contribution in [0.25, 0.3) is 0 Å². The predicted molar refractivity (Wildman–Crippen MR) is 29.6 cm³/mol. The molecule has 0 aliphatic heterocycles. The van der Waals surface area contributed by atoms with E-state index in [1.165, 1.54) is 0 Å². The molecule has 0 amide bonds. The fraction of sp³-hybridized carbons (Fsp3) is 0.500. The van der Waals surface area contributed by atoms with Crippen LogP contribution in [-0.2, 0) is 4.79 Å². The summed E-state index contributed by atoms with van der Waals surface area (Å²) in [5, 5.41) is 0. The zero-order valence-electron chi connectivity index (χ0n) is 3.37. The van der Waals surface area contributed by atoms with E-state index in [4.69, 9.17) is 19.8 Å². The van der Waals surface area contributed by atoms with Crippen molar-refractivity contribution in [1.82, 2.24) is 0 Å². The second-order valence-electron chi connectivity index (χ2n) is 0.920. The SMILES string of the molecule is O=CCS(O)(O)Cl. The topological polar surface area (TPSA) is 57.5 Å². The Morgan fingerprint density at radius 2 is 2.14 bits per heavy atom. The Kier molecular flexibility index (Phi) is 2.60. The van der Waals surface area contributed by atoms with Crippen LogP contribution in [0.1, 0.15) is 0 Å². The first-order chi connectivity index (χ1) is 3.06. The minimum atomic E-state index is -3.07. The molecule has 0 unspecified atom stereocenters. The lowest BCUT2D eigenvalue weighted by Crippen LogP contribution is -1.94. The number of halogens is 1. The van der Waals surface area contributed by atoms with Gasteiger partial charge in [0.25, 0.3) is 0 Å². The summed E-state index contributed by atoms with van der Waals surface area (Å²) in [4.78, 5) is 9.44. The fourth-order valence-corrected chi connectivity index (χ4v) is 0.414. The van der Waals surface area contributed by atoms with E-state index in [1.807, 2.05) is 0 Å². The van der Waals surface area contributed by atoms with E-state index >= 15 is 0 Å². The average molecular weight is 145 g/mol. The first-order valence-electron chi connectivity index (χ1n) is 1.45. The molecule has 0 saturated heterocycles. The van der Waals surface area contributed by atoms with Crippen LogP contribution in [0.2, 0.25) is 0 Å². The van der Waals surface area contributed by atoms with Gasteiger partial charge < -0.3 is 4.79 Å². The molecule has 0 heterocycles. The number of aldehydes is 1. The van der Waals surface area contributed by atoms with E-state index in [1.54, 1.807) is 0 Å². The Labute approximate surface area is 47.1 Å². The van der Waals surface area contributed by atoms with Gasteiger partial charge in [-0.3, -0.25) is 9.11 Å². The van der Waals surface area contributed by atoms with Crippen molar-refractivity contribution in [3.8, 4) is 0 Å². The van der Waals surface area contributed by atoms with Crippen molar-refractivity contribution in [2.75, 3.05) is 5.75 Å². The van der Waals surface area contributed by atoms with Crippen LogP contribution in [0.4, 0.5) is 0 Å². The summed E-state index contributed by atoms with van der Waals surface area (Å²) in [5.74, 6) is -0.380. The van der Waals surface area contributed by atoms with Gasteiger partial charge in [0.2, 0.25) is 0 Å². The lowest BCUT2D eigenvalue weighted by Gasteiger charge is -2.18. The molecule has 44 valence electrons. The molecule has 0 fully saturated rings. The van der Waals surface area contributed by atoms with Gasteiger partial charge in [-0.25, -0.2) is 0 Å². The van der Waals surface area contributed by atoms with Crippen LogP contribution < -0.4 is 0 Å². The van der Waals surface area contributed by atoms with Crippen LogP contribution in [0, 0.1) is 0 Å². The van der Waals surface area contributed by atoms with E-state index in [-0.39, 0.29) is 5.75 Å². The Hall–Kier alpha value is 0.230. The molecule has 7 heavy (non-hydrogen) atoms. The van der Waals surface area contributed by atoms with Gasteiger partial charge in [0.05, 0.1) is 0 Å². The highest BCUT2D eigenvalue weighted by Gasteiger charge is 2.02. The standard InChI is InChI=1S/C2H5ClO3S/c3-7(5,6)2-1-4/h1,5-6H,2H2. The highest BCUT2D eigenvalue weighted by molar-refractivity contribution is 8.43. The molecule has 2 N–H and O–H groups in total. The third kappa shape index (κ3) is 6.23. The van der Waals surface area contributed by atoms with Gasteiger partial charge in [-0.2, -0.15) is 0 Å². The van der Waals surface area contributed by atoms with Gasteiger partial charge >= 0.3 is 0 Å². The van der Waals surface area contributed by atoms with Gasteiger partial charge in [0, 0.05) is 10.7 Å². The third-order valence-corrected chi connectivity index (χ3v) is 1.22. The summed E-state index contributed by atoms with van der Waals surface area (Å²) in [6.45, 7) is 0. The predicted octanol–water partition coefficient (Wildman–Crippen LogP) is 1.09. The van der Waals surface area contributed by atoms with Gasteiger partial charge in [0.1, 0.15) is 12.0 Å². The molecule has 0 saturated carbocycles. The second-order valence-corrected chi connectivity index (χ2v) is 3.91. The first kappa shape index (κ1) is 7.23. The molecular formula is C2H5ClO3S. The van der Waals surface area contributed by atoms with Crippen molar-refractivity contribution in [3.63, 3.8) is 0 Å². The van der Waals surface area contributed by atoms with Crippen LogP contribution >= 0.6 is 20.5 Å². The molecule has 0 rings (SSSR count). The largest absolute Gasteiger partial charge is 0.302 e. The molecule has 0 aliphatic rings. The minimum Gasteiger partial charge on any atom is -0.302 e. The molecule has 0 aromatic rings.